The zero-order valence-corrected chi connectivity index (χ0v) is 17.5. The van der Waals surface area contributed by atoms with Crippen LogP contribution in [0.15, 0.2) is 55.4 Å². The summed E-state index contributed by atoms with van der Waals surface area (Å²) in [4.78, 5) is 19.6. The number of allylic oxidation sites excluding steroid dienone is 1. The number of H-pyrrole nitrogens is 1. The zero-order valence-electron chi connectivity index (χ0n) is 17.5. The number of anilines is 2. The summed E-state index contributed by atoms with van der Waals surface area (Å²) in [6.07, 6.45) is 1.29. The van der Waals surface area contributed by atoms with Crippen LogP contribution < -0.4 is 10.1 Å². The molecule has 0 spiro atoms. The molecule has 0 aliphatic heterocycles. The number of methoxy groups -OCH3 is 1. The van der Waals surface area contributed by atoms with E-state index in [0.717, 1.165) is 28.2 Å². The molecule has 2 N–H and O–H groups in total. The summed E-state index contributed by atoms with van der Waals surface area (Å²) < 4.78 is 35.9. The number of ether oxygens (including phenoxy) is 2. The van der Waals surface area contributed by atoms with Gasteiger partial charge >= 0.3 is 5.97 Å². The van der Waals surface area contributed by atoms with Crippen molar-refractivity contribution in [3.63, 3.8) is 0 Å². The molecule has 1 aromatic carbocycles. The number of aromatic amines is 1. The second-order valence-corrected chi connectivity index (χ2v) is 7.53. The van der Waals surface area contributed by atoms with Gasteiger partial charge in [-0.1, -0.05) is 24.8 Å². The molecule has 1 aliphatic rings. The van der Waals surface area contributed by atoms with E-state index in [2.05, 4.69) is 21.9 Å². The van der Waals surface area contributed by atoms with Crippen LogP contribution in [0.4, 0.5) is 20.2 Å². The number of nitrogens with one attached hydrogen (secondary N) is 2. The lowest BCUT2D eigenvalue weighted by atomic mass is 9.84. The lowest BCUT2D eigenvalue weighted by molar-refractivity contribution is -0.145. The molecular weight excluding hydrogens is 416 g/mol. The molecule has 0 bridgehead atoms. The molecular formula is C24H23F2N3O3. The topological polar surface area (TPSA) is 76.2 Å². The van der Waals surface area contributed by atoms with E-state index in [1.54, 1.807) is 12.3 Å². The number of halogens is 2. The molecule has 4 rings (SSSR count). The molecule has 1 atom stereocenters. The predicted molar refractivity (Wildman–Crippen MR) is 118 cm³/mol. The summed E-state index contributed by atoms with van der Waals surface area (Å²) in [7, 11) is 1.37. The van der Waals surface area contributed by atoms with Gasteiger partial charge in [-0.15, -0.1) is 0 Å². The largest absolute Gasteiger partial charge is 0.485 e. The van der Waals surface area contributed by atoms with Gasteiger partial charge in [0.1, 0.15) is 12.4 Å². The van der Waals surface area contributed by atoms with Crippen LogP contribution in [0.5, 0.6) is 5.75 Å². The average molecular weight is 439 g/mol. The fourth-order valence-corrected chi connectivity index (χ4v) is 3.99. The van der Waals surface area contributed by atoms with Gasteiger partial charge in [-0.25, -0.2) is 8.78 Å². The molecule has 2 aromatic heterocycles. The number of fused-ring (bicyclic) bond motifs is 1. The molecule has 166 valence electrons. The number of nitrogens with zero attached hydrogens (tertiary/aromatic N) is 1. The summed E-state index contributed by atoms with van der Waals surface area (Å²) in [6, 6.07) is 11.3. The van der Waals surface area contributed by atoms with E-state index < -0.39 is 13.0 Å². The summed E-state index contributed by atoms with van der Waals surface area (Å²) >= 11 is 0. The first-order valence-corrected chi connectivity index (χ1v) is 10.2. The Hall–Kier alpha value is -3.68. The van der Waals surface area contributed by atoms with Crippen molar-refractivity contribution in [3.8, 4) is 17.0 Å². The van der Waals surface area contributed by atoms with Gasteiger partial charge in [0.2, 0.25) is 0 Å². The van der Waals surface area contributed by atoms with E-state index in [4.69, 9.17) is 9.47 Å². The van der Waals surface area contributed by atoms with Crippen molar-refractivity contribution >= 4 is 22.9 Å². The van der Waals surface area contributed by atoms with Gasteiger partial charge in [-0.05, 0) is 30.2 Å². The Morgan fingerprint density at radius 3 is 2.78 bits per heavy atom. The number of alkyl halides is 2. The highest BCUT2D eigenvalue weighted by Gasteiger charge is 2.33. The maximum Gasteiger partial charge on any atom is 0.309 e. The van der Waals surface area contributed by atoms with Crippen molar-refractivity contribution in [1.29, 1.82) is 0 Å². The Balaban J connectivity index is 1.83. The van der Waals surface area contributed by atoms with E-state index in [9.17, 15) is 13.6 Å². The molecule has 32 heavy (non-hydrogen) atoms. The second kappa shape index (κ2) is 9.21. The van der Waals surface area contributed by atoms with Crippen molar-refractivity contribution in [2.45, 2.75) is 19.3 Å². The Labute approximate surface area is 184 Å². The van der Waals surface area contributed by atoms with E-state index in [1.807, 2.05) is 30.3 Å². The predicted octanol–water partition coefficient (Wildman–Crippen LogP) is 5.21. The maximum absolute atomic E-state index is 12.8. The van der Waals surface area contributed by atoms with Crippen LogP contribution in [0.2, 0.25) is 0 Å². The molecule has 0 saturated carbocycles. The van der Waals surface area contributed by atoms with Crippen LogP contribution in [-0.4, -0.2) is 36.1 Å². The molecule has 3 aromatic rings. The number of hydrogen-bond donors (Lipinski definition) is 2. The van der Waals surface area contributed by atoms with Crippen molar-refractivity contribution in [2.75, 3.05) is 19.0 Å². The highest BCUT2D eigenvalue weighted by atomic mass is 19.3. The van der Waals surface area contributed by atoms with E-state index in [1.165, 1.54) is 13.3 Å². The Morgan fingerprint density at radius 1 is 1.28 bits per heavy atom. The highest BCUT2D eigenvalue weighted by Crippen LogP contribution is 2.46. The Bertz CT molecular complexity index is 1130. The summed E-state index contributed by atoms with van der Waals surface area (Å²) in [5.41, 5.74) is 5.30. The molecule has 0 radical (unpaired) electrons. The molecule has 0 fully saturated rings. The van der Waals surface area contributed by atoms with Crippen molar-refractivity contribution in [2.24, 2.45) is 5.92 Å². The smallest absolute Gasteiger partial charge is 0.309 e. The SMILES string of the molecule is C=C1CC(C(=O)OC)Cc2[nH]c(-c3ccncc3OCC(F)F)c(Nc3ccccc3)c21. The molecule has 0 amide bonds. The average Bonchev–Trinajstić information content (AvgIpc) is 3.16. The Kier molecular flexibility index (Phi) is 6.20. The Morgan fingerprint density at radius 2 is 2.06 bits per heavy atom. The minimum atomic E-state index is -2.61. The van der Waals surface area contributed by atoms with Crippen LogP contribution >= 0.6 is 0 Å². The monoisotopic (exact) mass is 439 g/mol. The number of hydrogen-bond acceptors (Lipinski definition) is 5. The minimum Gasteiger partial charge on any atom is -0.485 e. The van der Waals surface area contributed by atoms with Crippen LogP contribution in [0.25, 0.3) is 16.8 Å². The van der Waals surface area contributed by atoms with Crippen molar-refractivity contribution < 1.29 is 23.0 Å². The van der Waals surface area contributed by atoms with E-state index in [0.29, 0.717) is 24.1 Å². The van der Waals surface area contributed by atoms with Crippen molar-refractivity contribution in [1.82, 2.24) is 9.97 Å². The second-order valence-electron chi connectivity index (χ2n) is 7.53. The lowest BCUT2D eigenvalue weighted by Gasteiger charge is -2.23. The summed E-state index contributed by atoms with van der Waals surface area (Å²) in [5, 5.41) is 3.43. The zero-order chi connectivity index (χ0) is 22.7. The normalized spacial score (nSPS) is 15.4. The molecule has 1 aliphatic carbocycles. The van der Waals surface area contributed by atoms with Crippen LogP contribution in [0.3, 0.4) is 0 Å². The third kappa shape index (κ3) is 4.34. The van der Waals surface area contributed by atoms with Crippen LogP contribution in [0.1, 0.15) is 17.7 Å². The number of carbonyl (C=O) groups is 1. The minimum absolute atomic E-state index is 0.234. The van der Waals surface area contributed by atoms with Gasteiger partial charge < -0.3 is 19.8 Å². The highest BCUT2D eigenvalue weighted by molar-refractivity contribution is 5.93. The third-order valence-electron chi connectivity index (χ3n) is 5.37. The quantitative estimate of drug-likeness (QED) is 0.494. The lowest BCUT2D eigenvalue weighted by Crippen LogP contribution is -2.23. The van der Waals surface area contributed by atoms with Crippen LogP contribution in [0, 0.1) is 5.92 Å². The van der Waals surface area contributed by atoms with Crippen LogP contribution in [-0.2, 0) is 16.0 Å². The van der Waals surface area contributed by atoms with E-state index in [-0.39, 0.29) is 17.6 Å². The van der Waals surface area contributed by atoms with Gasteiger partial charge in [0.15, 0.2) is 0 Å². The maximum atomic E-state index is 12.8. The number of para-hydroxylation sites is 1. The van der Waals surface area contributed by atoms with E-state index >= 15 is 0 Å². The fraction of sp³-hybridized carbons (Fsp3) is 0.250. The van der Waals surface area contributed by atoms with Gasteiger partial charge in [0.05, 0.1) is 30.6 Å². The van der Waals surface area contributed by atoms with Gasteiger partial charge in [-0.2, -0.15) is 0 Å². The van der Waals surface area contributed by atoms with Gasteiger partial charge in [-0.3, -0.25) is 9.78 Å². The number of aromatic nitrogens is 2. The summed E-state index contributed by atoms with van der Waals surface area (Å²) in [6.45, 7) is 3.46. The first kappa shape index (κ1) is 21.5. The first-order chi connectivity index (χ1) is 15.5. The van der Waals surface area contributed by atoms with Gasteiger partial charge in [0, 0.05) is 35.1 Å². The van der Waals surface area contributed by atoms with Gasteiger partial charge in [0.25, 0.3) is 6.43 Å². The number of rotatable bonds is 7. The summed E-state index contributed by atoms with van der Waals surface area (Å²) in [5.74, 6) is -0.406. The standard InChI is InChI=1S/C24H23F2N3O3/c1-14-10-15(24(30)31-2)11-18-21(14)23(28-16-6-4-3-5-7-16)22(29-18)17-8-9-27-12-19(17)32-13-20(25)26/h3-9,12,15,20,28-29H,1,10-11,13H2,2H3. The molecule has 1 unspecified atom stereocenters. The molecule has 0 saturated heterocycles. The molecule has 8 heteroatoms. The van der Waals surface area contributed by atoms with Crippen molar-refractivity contribution in [3.05, 3.63) is 66.6 Å². The number of carbonyl (C=O) groups excluding carboxylic acids is 1. The molecule has 2 heterocycles. The molecule has 6 nitrogen and oxygen atoms in total. The number of pyridine rings is 1. The fourth-order valence-electron chi connectivity index (χ4n) is 3.99. The first-order valence-electron chi connectivity index (χ1n) is 10.2. The number of esters is 1. The third-order valence-corrected chi connectivity index (χ3v) is 5.37. The number of benzene rings is 1.